The van der Waals surface area contributed by atoms with Crippen molar-refractivity contribution >= 4 is 11.6 Å². The summed E-state index contributed by atoms with van der Waals surface area (Å²) in [6.07, 6.45) is 0. The quantitative estimate of drug-likeness (QED) is 0.659. The fraction of sp³-hybridized carbons (Fsp3) is 0.0714. The summed E-state index contributed by atoms with van der Waals surface area (Å²) in [6.45, 7) is 0.0151. The summed E-state index contributed by atoms with van der Waals surface area (Å²) in [6, 6.07) is 12.3. The maximum Gasteiger partial charge on any atom is 0.270 e. The van der Waals surface area contributed by atoms with Crippen LogP contribution in [0.15, 0.2) is 48.5 Å². The minimum absolute atomic E-state index is 0.0151. The Kier molecular flexibility index (Phi) is 3.95. The van der Waals surface area contributed by atoms with Crippen LogP contribution in [0.3, 0.4) is 0 Å². The number of rotatable bonds is 4. The number of hydrogen-bond donors (Lipinski definition) is 2. The van der Waals surface area contributed by atoms with Gasteiger partial charge in [-0.05, 0) is 18.2 Å². The standard InChI is InChI=1S/C14H12N2O4/c17-13-7-6-12(16(19)20)8-11(13)9-15-14(18)10-4-2-1-3-5-10/h1-8,17H,9H2,(H,15,18). The summed E-state index contributed by atoms with van der Waals surface area (Å²) in [5.41, 5.74) is 0.646. The molecule has 0 unspecified atom stereocenters. The van der Waals surface area contributed by atoms with Crippen molar-refractivity contribution in [2.24, 2.45) is 0 Å². The van der Waals surface area contributed by atoms with Crippen molar-refractivity contribution in [3.05, 3.63) is 69.8 Å². The summed E-state index contributed by atoms with van der Waals surface area (Å²) < 4.78 is 0. The normalized spacial score (nSPS) is 10.0. The van der Waals surface area contributed by atoms with E-state index in [1.54, 1.807) is 30.3 Å². The summed E-state index contributed by atoms with van der Waals surface area (Å²) in [5.74, 6) is -0.402. The molecule has 0 heterocycles. The van der Waals surface area contributed by atoms with E-state index in [9.17, 15) is 20.0 Å². The lowest BCUT2D eigenvalue weighted by atomic mass is 10.1. The van der Waals surface area contributed by atoms with E-state index < -0.39 is 4.92 Å². The van der Waals surface area contributed by atoms with E-state index >= 15 is 0 Å². The molecule has 2 aromatic carbocycles. The number of amides is 1. The van der Waals surface area contributed by atoms with Crippen LogP contribution in [0.5, 0.6) is 5.75 Å². The van der Waals surface area contributed by atoms with E-state index in [-0.39, 0.29) is 23.9 Å². The van der Waals surface area contributed by atoms with Crippen LogP contribution in [0.1, 0.15) is 15.9 Å². The van der Waals surface area contributed by atoms with E-state index in [4.69, 9.17) is 0 Å². The summed E-state index contributed by atoms with van der Waals surface area (Å²) in [5, 5.41) is 22.9. The van der Waals surface area contributed by atoms with Crippen LogP contribution in [-0.4, -0.2) is 15.9 Å². The third-order valence-electron chi connectivity index (χ3n) is 2.75. The van der Waals surface area contributed by atoms with Crippen molar-refractivity contribution in [3.63, 3.8) is 0 Å². The first kappa shape index (κ1) is 13.5. The number of phenolic OH excluding ortho intramolecular Hbond substituents is 1. The Morgan fingerprint density at radius 3 is 2.55 bits per heavy atom. The smallest absolute Gasteiger partial charge is 0.270 e. The lowest BCUT2D eigenvalue weighted by Gasteiger charge is -2.07. The predicted octanol–water partition coefficient (Wildman–Crippen LogP) is 2.23. The Morgan fingerprint density at radius 1 is 1.20 bits per heavy atom. The van der Waals surface area contributed by atoms with Gasteiger partial charge in [0.25, 0.3) is 11.6 Å². The third-order valence-corrected chi connectivity index (χ3v) is 2.75. The van der Waals surface area contributed by atoms with Gasteiger partial charge in [-0.25, -0.2) is 0 Å². The Labute approximate surface area is 114 Å². The van der Waals surface area contributed by atoms with Gasteiger partial charge in [0.05, 0.1) is 4.92 Å². The molecule has 0 aliphatic heterocycles. The molecule has 0 radical (unpaired) electrons. The second kappa shape index (κ2) is 5.83. The molecular weight excluding hydrogens is 260 g/mol. The van der Waals surface area contributed by atoms with Crippen LogP contribution >= 0.6 is 0 Å². The molecule has 0 saturated carbocycles. The van der Waals surface area contributed by atoms with Gasteiger partial charge in [-0.3, -0.25) is 14.9 Å². The molecule has 0 saturated heterocycles. The lowest BCUT2D eigenvalue weighted by molar-refractivity contribution is -0.384. The van der Waals surface area contributed by atoms with Crippen molar-refractivity contribution < 1.29 is 14.8 Å². The SMILES string of the molecule is O=C(NCc1cc([N+](=O)[O-])ccc1O)c1ccccc1. The second-order valence-corrected chi connectivity index (χ2v) is 4.12. The highest BCUT2D eigenvalue weighted by Gasteiger charge is 2.11. The molecule has 0 spiro atoms. The minimum Gasteiger partial charge on any atom is -0.508 e. The van der Waals surface area contributed by atoms with Crippen LogP contribution in [0.2, 0.25) is 0 Å². The second-order valence-electron chi connectivity index (χ2n) is 4.12. The zero-order valence-corrected chi connectivity index (χ0v) is 10.4. The molecule has 0 atom stereocenters. The molecule has 2 rings (SSSR count). The number of carbonyl (C=O) groups is 1. The molecule has 2 N–H and O–H groups in total. The van der Waals surface area contributed by atoms with Gasteiger partial charge in [0.1, 0.15) is 5.75 Å². The molecule has 0 bridgehead atoms. The predicted molar refractivity (Wildman–Crippen MR) is 72.4 cm³/mol. The average Bonchev–Trinajstić information content (AvgIpc) is 2.46. The van der Waals surface area contributed by atoms with Crippen LogP contribution < -0.4 is 5.32 Å². The summed E-state index contributed by atoms with van der Waals surface area (Å²) in [4.78, 5) is 21.9. The largest absolute Gasteiger partial charge is 0.508 e. The van der Waals surface area contributed by atoms with Crippen molar-refractivity contribution in [1.82, 2.24) is 5.32 Å². The highest BCUT2D eigenvalue weighted by molar-refractivity contribution is 5.94. The van der Waals surface area contributed by atoms with Crippen LogP contribution in [0.4, 0.5) is 5.69 Å². The van der Waals surface area contributed by atoms with Crippen molar-refractivity contribution in [2.45, 2.75) is 6.54 Å². The number of nitro groups is 1. The van der Waals surface area contributed by atoms with Crippen molar-refractivity contribution in [3.8, 4) is 5.75 Å². The summed E-state index contributed by atoms with van der Waals surface area (Å²) >= 11 is 0. The van der Waals surface area contributed by atoms with E-state index in [0.29, 0.717) is 11.1 Å². The lowest BCUT2D eigenvalue weighted by Crippen LogP contribution is -2.22. The number of nitro benzene ring substituents is 1. The molecule has 1 amide bonds. The fourth-order valence-electron chi connectivity index (χ4n) is 1.69. The molecule has 6 heteroatoms. The van der Waals surface area contributed by atoms with Crippen molar-refractivity contribution in [1.29, 1.82) is 0 Å². The zero-order chi connectivity index (χ0) is 14.5. The maximum atomic E-state index is 11.8. The number of non-ortho nitro benzene ring substituents is 1. The fourth-order valence-corrected chi connectivity index (χ4v) is 1.69. The highest BCUT2D eigenvalue weighted by Crippen LogP contribution is 2.22. The maximum absolute atomic E-state index is 11.8. The van der Waals surface area contributed by atoms with E-state index in [2.05, 4.69) is 5.32 Å². The highest BCUT2D eigenvalue weighted by atomic mass is 16.6. The zero-order valence-electron chi connectivity index (χ0n) is 10.4. The first-order chi connectivity index (χ1) is 9.58. The topological polar surface area (TPSA) is 92.5 Å². The molecule has 0 aliphatic rings. The van der Waals surface area contributed by atoms with Gasteiger partial charge in [0, 0.05) is 29.8 Å². The van der Waals surface area contributed by atoms with E-state index in [0.717, 1.165) is 0 Å². The molecule has 0 aliphatic carbocycles. The van der Waals surface area contributed by atoms with Crippen LogP contribution in [-0.2, 0) is 6.54 Å². The Bertz CT molecular complexity index is 641. The molecule has 2 aromatic rings. The molecule has 0 aromatic heterocycles. The number of nitrogens with one attached hydrogen (secondary N) is 1. The number of benzene rings is 2. The number of carbonyl (C=O) groups excluding carboxylic acids is 1. The van der Waals surface area contributed by atoms with Gasteiger partial charge in [-0.15, -0.1) is 0 Å². The van der Waals surface area contributed by atoms with E-state index in [1.165, 1.54) is 18.2 Å². The van der Waals surface area contributed by atoms with Crippen molar-refractivity contribution in [2.75, 3.05) is 0 Å². The van der Waals surface area contributed by atoms with Gasteiger partial charge >= 0.3 is 0 Å². The Balaban J connectivity index is 2.09. The Morgan fingerprint density at radius 2 is 1.90 bits per heavy atom. The number of aromatic hydroxyl groups is 1. The monoisotopic (exact) mass is 272 g/mol. The molecular formula is C14H12N2O4. The van der Waals surface area contributed by atoms with Crippen LogP contribution in [0, 0.1) is 10.1 Å². The van der Waals surface area contributed by atoms with Gasteiger partial charge in [-0.2, -0.15) is 0 Å². The number of nitrogens with zero attached hydrogens (tertiary/aromatic N) is 1. The molecule has 0 fully saturated rings. The number of phenols is 1. The average molecular weight is 272 g/mol. The van der Waals surface area contributed by atoms with Gasteiger partial charge < -0.3 is 10.4 Å². The number of hydrogen-bond acceptors (Lipinski definition) is 4. The van der Waals surface area contributed by atoms with Crippen LogP contribution in [0.25, 0.3) is 0 Å². The first-order valence-electron chi connectivity index (χ1n) is 5.87. The third kappa shape index (κ3) is 3.11. The van der Waals surface area contributed by atoms with Gasteiger partial charge in [-0.1, -0.05) is 18.2 Å². The summed E-state index contributed by atoms with van der Waals surface area (Å²) in [7, 11) is 0. The minimum atomic E-state index is -0.554. The van der Waals surface area contributed by atoms with E-state index in [1.807, 2.05) is 0 Å². The van der Waals surface area contributed by atoms with Gasteiger partial charge in [0.15, 0.2) is 0 Å². The molecule has 102 valence electrons. The molecule has 20 heavy (non-hydrogen) atoms. The Hall–Kier alpha value is -2.89. The first-order valence-corrected chi connectivity index (χ1v) is 5.87. The molecule has 6 nitrogen and oxygen atoms in total. The van der Waals surface area contributed by atoms with Gasteiger partial charge in [0.2, 0.25) is 0 Å².